The van der Waals surface area contributed by atoms with Crippen molar-refractivity contribution in [3.05, 3.63) is 76.2 Å². The number of piperidine rings is 1. The van der Waals surface area contributed by atoms with E-state index in [2.05, 4.69) is 27.4 Å². The molecule has 0 unspecified atom stereocenters. The second kappa shape index (κ2) is 10.6. The lowest BCUT2D eigenvalue weighted by atomic mass is 9.94. The molecule has 0 radical (unpaired) electrons. The van der Waals surface area contributed by atoms with Crippen LogP contribution < -0.4 is 15.6 Å². The zero-order valence-corrected chi connectivity index (χ0v) is 18.9. The van der Waals surface area contributed by atoms with Gasteiger partial charge in [-0.25, -0.2) is 14.3 Å². The Morgan fingerprint density at radius 2 is 1.91 bits per heavy atom. The van der Waals surface area contributed by atoms with Crippen molar-refractivity contribution >= 4 is 22.3 Å². The highest BCUT2D eigenvalue weighted by Crippen LogP contribution is 2.23. The molecule has 1 fully saturated rings. The maximum absolute atomic E-state index is 13.6. The summed E-state index contributed by atoms with van der Waals surface area (Å²) in [6.07, 6.45) is 4.88. The summed E-state index contributed by atoms with van der Waals surface area (Å²) in [4.78, 5) is 17.3. The Hall–Kier alpha value is -3.59. The smallest absolute Gasteiger partial charge is 0.258 e. The number of fused-ring (bicyclic) bond motifs is 1. The molecule has 4 rings (SSSR count). The lowest BCUT2D eigenvalue weighted by molar-refractivity contribution is 0.187. The molecule has 0 spiro atoms. The monoisotopic (exact) mass is 467 g/mol. The van der Waals surface area contributed by atoms with Gasteiger partial charge in [-0.15, -0.1) is 0 Å². The number of benzene rings is 2. The quantitative estimate of drug-likeness (QED) is 0.389. The summed E-state index contributed by atoms with van der Waals surface area (Å²) in [6, 6.07) is 10.6. The van der Waals surface area contributed by atoms with E-state index >= 15 is 0 Å². The lowest BCUT2D eigenvalue weighted by Crippen LogP contribution is -2.30. The van der Waals surface area contributed by atoms with Crippen LogP contribution in [0.1, 0.15) is 24.8 Å². The number of likely N-dealkylation sites (tertiary alicyclic amines) is 1. The van der Waals surface area contributed by atoms with Crippen LogP contribution in [0.2, 0.25) is 0 Å². The fraction of sp³-hybridized carbons (Fsp3) is 0.320. The van der Waals surface area contributed by atoms with Gasteiger partial charge in [-0.3, -0.25) is 4.79 Å². The molecular weight excluding hydrogens is 440 g/mol. The SMILES string of the molecule is CN1CCC(CCOc2ccc(N/C=C(\N=N)c3cc4cc(F)c(F)cc4[nH]c3=O)cc2)CC1. The summed E-state index contributed by atoms with van der Waals surface area (Å²) < 4.78 is 32.9. The van der Waals surface area contributed by atoms with E-state index < -0.39 is 17.2 Å². The van der Waals surface area contributed by atoms with Gasteiger partial charge in [0.05, 0.1) is 17.7 Å². The summed E-state index contributed by atoms with van der Waals surface area (Å²) in [5, 5.41) is 6.72. The van der Waals surface area contributed by atoms with Gasteiger partial charge in [0.25, 0.3) is 5.56 Å². The van der Waals surface area contributed by atoms with Crippen molar-refractivity contribution < 1.29 is 13.5 Å². The molecule has 7 nitrogen and oxygen atoms in total. The second-order valence-corrected chi connectivity index (χ2v) is 8.56. The molecule has 34 heavy (non-hydrogen) atoms. The predicted molar refractivity (Wildman–Crippen MR) is 128 cm³/mol. The molecule has 9 heteroatoms. The van der Waals surface area contributed by atoms with Crippen LogP contribution in [0.15, 0.2) is 58.6 Å². The summed E-state index contributed by atoms with van der Waals surface area (Å²) in [7, 11) is 2.15. The first kappa shape index (κ1) is 23.6. The number of halogens is 2. The summed E-state index contributed by atoms with van der Waals surface area (Å²) in [6.45, 7) is 2.97. The summed E-state index contributed by atoms with van der Waals surface area (Å²) >= 11 is 0. The van der Waals surface area contributed by atoms with E-state index in [0.717, 1.165) is 37.4 Å². The first-order valence-electron chi connectivity index (χ1n) is 11.2. The lowest BCUT2D eigenvalue weighted by Gasteiger charge is -2.28. The summed E-state index contributed by atoms with van der Waals surface area (Å²) in [5.74, 6) is -0.588. The highest BCUT2D eigenvalue weighted by atomic mass is 19.2. The van der Waals surface area contributed by atoms with Crippen LogP contribution in [0.5, 0.6) is 5.75 Å². The first-order chi connectivity index (χ1) is 16.4. The molecule has 1 aliphatic heterocycles. The van der Waals surface area contributed by atoms with Gasteiger partial charge in [0.2, 0.25) is 0 Å². The van der Waals surface area contributed by atoms with Crippen LogP contribution in [0.4, 0.5) is 14.5 Å². The Morgan fingerprint density at radius 3 is 2.62 bits per heavy atom. The predicted octanol–water partition coefficient (Wildman–Crippen LogP) is 5.36. The second-order valence-electron chi connectivity index (χ2n) is 8.56. The number of H-pyrrole nitrogens is 1. The van der Waals surface area contributed by atoms with Gasteiger partial charge >= 0.3 is 0 Å². The molecule has 178 valence electrons. The molecule has 0 bridgehead atoms. The van der Waals surface area contributed by atoms with E-state index in [1.54, 1.807) is 0 Å². The van der Waals surface area contributed by atoms with Gasteiger partial charge < -0.3 is 19.9 Å². The molecule has 1 saturated heterocycles. The zero-order chi connectivity index (χ0) is 24.1. The normalized spacial score (nSPS) is 15.4. The van der Waals surface area contributed by atoms with Crippen molar-refractivity contribution in [2.45, 2.75) is 19.3 Å². The number of rotatable bonds is 8. The van der Waals surface area contributed by atoms with Crippen LogP contribution in [-0.4, -0.2) is 36.6 Å². The molecule has 0 amide bonds. The van der Waals surface area contributed by atoms with E-state index in [1.165, 1.54) is 25.1 Å². The fourth-order valence-electron chi connectivity index (χ4n) is 4.05. The van der Waals surface area contributed by atoms with Gasteiger partial charge in [0.1, 0.15) is 11.4 Å². The number of aromatic nitrogens is 1. The number of ether oxygens (including phenoxy) is 1. The Balaban J connectivity index is 1.39. The van der Waals surface area contributed by atoms with Gasteiger partial charge in [0, 0.05) is 23.3 Å². The highest BCUT2D eigenvalue weighted by molar-refractivity contribution is 5.82. The van der Waals surface area contributed by atoms with Crippen LogP contribution >= 0.6 is 0 Å². The standard InChI is InChI=1S/C25H27F2N5O2/c1-32-9-6-16(7-10-32)8-11-34-19-4-2-18(3-5-19)29-15-24(31-28)20-12-17-13-21(26)22(27)14-23(17)30-25(20)33/h2-5,12-16,28-29H,6-11H2,1H3,(H,30,33)/b24-15-,31-28?. The average Bonchev–Trinajstić information content (AvgIpc) is 2.83. The molecule has 1 aliphatic rings. The van der Waals surface area contributed by atoms with Crippen molar-refractivity contribution in [2.24, 2.45) is 11.0 Å². The molecule has 2 aromatic carbocycles. The van der Waals surface area contributed by atoms with E-state index in [0.29, 0.717) is 23.6 Å². The maximum atomic E-state index is 13.6. The molecule has 2 heterocycles. The van der Waals surface area contributed by atoms with Crippen LogP contribution in [0.3, 0.4) is 0 Å². The number of hydrogen-bond donors (Lipinski definition) is 3. The molecule has 1 aromatic heterocycles. The van der Waals surface area contributed by atoms with E-state index in [9.17, 15) is 13.6 Å². The van der Waals surface area contributed by atoms with Crippen LogP contribution in [-0.2, 0) is 0 Å². The van der Waals surface area contributed by atoms with E-state index in [4.69, 9.17) is 10.3 Å². The molecule has 3 aromatic rings. The third-order valence-corrected chi connectivity index (χ3v) is 6.14. The largest absolute Gasteiger partial charge is 0.494 e. The first-order valence-corrected chi connectivity index (χ1v) is 11.2. The fourth-order valence-corrected chi connectivity index (χ4v) is 4.05. The van der Waals surface area contributed by atoms with Crippen molar-refractivity contribution in [1.29, 1.82) is 5.53 Å². The van der Waals surface area contributed by atoms with Crippen molar-refractivity contribution in [3.63, 3.8) is 0 Å². The molecule has 0 atom stereocenters. The Morgan fingerprint density at radius 1 is 1.21 bits per heavy atom. The van der Waals surface area contributed by atoms with E-state index in [-0.39, 0.29) is 16.8 Å². The number of anilines is 1. The van der Waals surface area contributed by atoms with Gasteiger partial charge in [-0.2, -0.15) is 5.11 Å². The average molecular weight is 468 g/mol. The number of aromatic amines is 1. The molecular formula is C25H27F2N5O2. The molecule has 3 N–H and O–H groups in total. The minimum atomic E-state index is -1.05. The maximum Gasteiger partial charge on any atom is 0.258 e. The Kier molecular flexibility index (Phi) is 7.32. The number of pyridine rings is 1. The number of nitrogens with zero attached hydrogens (tertiary/aromatic N) is 2. The van der Waals surface area contributed by atoms with E-state index in [1.807, 2.05) is 24.3 Å². The molecule has 0 saturated carbocycles. The topological polar surface area (TPSA) is 93.6 Å². The number of hydrogen-bond acceptors (Lipinski definition) is 6. The van der Waals surface area contributed by atoms with Crippen molar-refractivity contribution in [3.8, 4) is 5.75 Å². The molecule has 0 aliphatic carbocycles. The van der Waals surface area contributed by atoms with Gasteiger partial charge in [-0.1, -0.05) is 0 Å². The van der Waals surface area contributed by atoms with Crippen LogP contribution in [0, 0.1) is 23.1 Å². The third kappa shape index (κ3) is 5.66. The minimum Gasteiger partial charge on any atom is -0.494 e. The summed E-state index contributed by atoms with van der Waals surface area (Å²) in [5.41, 5.74) is 7.89. The Labute approximate surface area is 195 Å². The highest BCUT2D eigenvalue weighted by Gasteiger charge is 2.16. The Bertz CT molecular complexity index is 1250. The van der Waals surface area contributed by atoms with Crippen molar-refractivity contribution in [1.82, 2.24) is 9.88 Å². The minimum absolute atomic E-state index is 0.0475. The zero-order valence-electron chi connectivity index (χ0n) is 18.9. The van der Waals surface area contributed by atoms with Crippen LogP contribution in [0.25, 0.3) is 16.6 Å². The third-order valence-electron chi connectivity index (χ3n) is 6.14. The van der Waals surface area contributed by atoms with Gasteiger partial charge in [0.15, 0.2) is 11.6 Å². The number of nitrogens with one attached hydrogen (secondary N) is 3. The van der Waals surface area contributed by atoms with Gasteiger partial charge in [-0.05, 0) is 81.7 Å². The van der Waals surface area contributed by atoms with Crippen molar-refractivity contribution in [2.75, 3.05) is 32.1 Å².